The van der Waals surface area contributed by atoms with Gasteiger partial charge in [-0.1, -0.05) is 39.7 Å². The van der Waals surface area contributed by atoms with Crippen molar-refractivity contribution in [3.8, 4) is 0 Å². The molecule has 0 aliphatic heterocycles. The molecule has 0 aliphatic carbocycles. The summed E-state index contributed by atoms with van der Waals surface area (Å²) in [6.45, 7) is 4.63. The molecule has 0 saturated heterocycles. The first-order valence-corrected chi connectivity index (χ1v) is 12.3. The van der Waals surface area contributed by atoms with Crippen LogP contribution in [0.1, 0.15) is 26.6 Å². The van der Waals surface area contributed by atoms with Gasteiger partial charge in [0.1, 0.15) is 4.88 Å². The van der Waals surface area contributed by atoms with E-state index >= 15 is 0 Å². The van der Waals surface area contributed by atoms with E-state index < -0.39 is 5.97 Å². The Morgan fingerprint density at radius 2 is 1.94 bits per heavy atom. The first kappa shape index (κ1) is 23.7. The van der Waals surface area contributed by atoms with Crippen molar-refractivity contribution < 1.29 is 9.53 Å². The molecule has 0 unspecified atom stereocenters. The van der Waals surface area contributed by atoms with Crippen LogP contribution in [0.3, 0.4) is 0 Å². The van der Waals surface area contributed by atoms with Gasteiger partial charge in [0.25, 0.3) is 0 Å². The number of carbonyl (C=O) groups excluding carboxylic acids is 1. The quantitative estimate of drug-likeness (QED) is 0.206. The zero-order valence-electron chi connectivity index (χ0n) is 18.0. The summed E-state index contributed by atoms with van der Waals surface area (Å²) in [6.07, 6.45) is 0. The van der Waals surface area contributed by atoms with Crippen LogP contribution in [0.2, 0.25) is 5.02 Å². The summed E-state index contributed by atoms with van der Waals surface area (Å²) < 4.78 is 8.67. The van der Waals surface area contributed by atoms with Crippen LogP contribution in [-0.4, -0.2) is 28.0 Å². The molecule has 10 heteroatoms. The summed E-state index contributed by atoms with van der Waals surface area (Å²) in [6, 6.07) is 13.8. The molecule has 4 aromatic rings. The SMILES string of the molecule is COC(=O)c1sc2cc(NC(=S)Nc3c(C)nn(Cc4ccc(Br)cc4)c3C)ccc2c1Cl. The van der Waals surface area contributed by atoms with Gasteiger partial charge in [-0.15, -0.1) is 11.3 Å². The van der Waals surface area contributed by atoms with Crippen molar-refractivity contribution in [3.05, 3.63) is 73.8 Å². The first-order chi connectivity index (χ1) is 15.8. The maximum atomic E-state index is 11.9. The molecule has 2 N–H and O–H groups in total. The summed E-state index contributed by atoms with van der Waals surface area (Å²) >= 11 is 16.6. The third-order valence-corrected chi connectivity index (χ3v) is 7.49. The third-order valence-electron chi connectivity index (χ3n) is 5.12. The molecule has 4 rings (SSSR count). The molecule has 33 heavy (non-hydrogen) atoms. The first-order valence-electron chi connectivity index (χ1n) is 9.93. The molecule has 0 atom stereocenters. The predicted molar refractivity (Wildman–Crippen MR) is 143 cm³/mol. The van der Waals surface area contributed by atoms with E-state index in [4.69, 9.17) is 28.6 Å². The fourth-order valence-corrected chi connectivity index (χ4v) is 5.39. The normalized spacial score (nSPS) is 10.9. The predicted octanol–water partition coefficient (Wildman–Crippen LogP) is 6.77. The number of halogens is 2. The fraction of sp³-hybridized carbons (Fsp3) is 0.174. The number of aromatic nitrogens is 2. The molecule has 0 fully saturated rings. The number of thiophene rings is 1. The average molecular weight is 564 g/mol. The van der Waals surface area contributed by atoms with Crippen LogP contribution < -0.4 is 10.6 Å². The van der Waals surface area contributed by atoms with Gasteiger partial charge < -0.3 is 15.4 Å². The fourth-order valence-electron chi connectivity index (χ4n) is 3.44. The number of aryl methyl sites for hydroxylation is 1. The van der Waals surface area contributed by atoms with Gasteiger partial charge in [0.2, 0.25) is 0 Å². The second kappa shape index (κ2) is 9.80. The van der Waals surface area contributed by atoms with E-state index in [1.165, 1.54) is 18.4 Å². The van der Waals surface area contributed by atoms with E-state index in [1.54, 1.807) is 0 Å². The topological polar surface area (TPSA) is 68.2 Å². The standard InChI is InChI=1S/C23H20BrClN4O2S2/c1-12-20(13(2)29(28-12)11-14-4-6-15(24)7-5-14)27-23(32)26-16-8-9-17-18(10-16)33-21(19(17)25)22(30)31-3/h4-10H,11H2,1-3H3,(H2,26,27,32). The molecule has 2 heterocycles. The lowest BCUT2D eigenvalue weighted by Gasteiger charge is -2.11. The molecule has 2 aromatic carbocycles. The number of benzene rings is 2. The van der Waals surface area contributed by atoms with E-state index in [2.05, 4.69) is 43.8 Å². The lowest BCUT2D eigenvalue weighted by molar-refractivity contribution is 0.0606. The Balaban J connectivity index is 1.49. The number of carbonyl (C=O) groups is 1. The number of thiocarbonyl (C=S) groups is 1. The van der Waals surface area contributed by atoms with Gasteiger partial charge in [0.15, 0.2) is 5.11 Å². The van der Waals surface area contributed by atoms with Gasteiger partial charge in [0, 0.05) is 20.2 Å². The molecule has 0 spiro atoms. The van der Waals surface area contributed by atoms with E-state index in [0.717, 1.165) is 42.9 Å². The highest BCUT2D eigenvalue weighted by Gasteiger charge is 2.18. The van der Waals surface area contributed by atoms with Crippen molar-refractivity contribution in [2.45, 2.75) is 20.4 Å². The zero-order valence-corrected chi connectivity index (χ0v) is 22.0. The largest absolute Gasteiger partial charge is 0.465 e. The Kier molecular flexibility index (Phi) is 7.04. The molecular formula is C23H20BrClN4O2S2. The van der Waals surface area contributed by atoms with Crippen LogP contribution in [0.15, 0.2) is 46.9 Å². The molecular weight excluding hydrogens is 544 g/mol. The molecule has 0 amide bonds. The van der Waals surface area contributed by atoms with Gasteiger partial charge >= 0.3 is 5.97 Å². The van der Waals surface area contributed by atoms with Gasteiger partial charge in [-0.25, -0.2) is 4.79 Å². The number of hydrogen-bond acceptors (Lipinski definition) is 5. The number of nitrogens with zero attached hydrogens (tertiary/aromatic N) is 2. The summed E-state index contributed by atoms with van der Waals surface area (Å²) in [7, 11) is 1.34. The molecule has 170 valence electrons. The van der Waals surface area contributed by atoms with Crippen molar-refractivity contribution in [2.75, 3.05) is 17.7 Å². The molecule has 0 aliphatic rings. The van der Waals surface area contributed by atoms with Crippen LogP contribution >= 0.6 is 51.1 Å². The van der Waals surface area contributed by atoms with Crippen LogP contribution in [0.25, 0.3) is 10.1 Å². The highest BCUT2D eigenvalue weighted by molar-refractivity contribution is 9.10. The smallest absolute Gasteiger partial charge is 0.349 e. The van der Waals surface area contributed by atoms with Crippen LogP contribution in [-0.2, 0) is 11.3 Å². The lowest BCUT2D eigenvalue weighted by atomic mass is 10.2. The number of rotatable bonds is 5. The second-order valence-corrected chi connectivity index (χ2v) is 10.1. The number of hydrogen-bond donors (Lipinski definition) is 2. The summed E-state index contributed by atoms with van der Waals surface area (Å²) in [5, 5.41) is 12.8. The summed E-state index contributed by atoms with van der Waals surface area (Å²) in [4.78, 5) is 12.3. The maximum Gasteiger partial charge on any atom is 0.349 e. The minimum Gasteiger partial charge on any atom is -0.465 e. The van der Waals surface area contributed by atoms with Crippen molar-refractivity contribution in [2.24, 2.45) is 0 Å². The monoisotopic (exact) mass is 562 g/mol. The molecule has 6 nitrogen and oxygen atoms in total. The number of fused-ring (bicyclic) bond motifs is 1. The number of nitrogens with one attached hydrogen (secondary N) is 2. The van der Waals surface area contributed by atoms with Crippen molar-refractivity contribution in [1.82, 2.24) is 9.78 Å². The Morgan fingerprint density at radius 3 is 2.64 bits per heavy atom. The van der Waals surface area contributed by atoms with E-state index in [0.29, 0.717) is 21.6 Å². The van der Waals surface area contributed by atoms with Crippen LogP contribution in [0.4, 0.5) is 11.4 Å². The second-order valence-electron chi connectivity index (χ2n) is 7.36. The number of methoxy groups -OCH3 is 1. The van der Waals surface area contributed by atoms with Crippen molar-refractivity contribution >= 4 is 83.6 Å². The molecule has 0 saturated carbocycles. The van der Waals surface area contributed by atoms with E-state index in [1.807, 2.05) is 48.9 Å². The van der Waals surface area contributed by atoms with Gasteiger partial charge in [-0.3, -0.25) is 4.68 Å². The van der Waals surface area contributed by atoms with Gasteiger partial charge in [0.05, 0.1) is 35.8 Å². The number of anilines is 2. The molecule has 0 radical (unpaired) electrons. The maximum absolute atomic E-state index is 11.9. The lowest BCUT2D eigenvalue weighted by Crippen LogP contribution is -2.20. The minimum absolute atomic E-state index is 0.386. The third kappa shape index (κ3) is 5.06. The Hall–Kier alpha value is -2.46. The summed E-state index contributed by atoms with van der Waals surface area (Å²) in [5.41, 5.74) is 4.66. The van der Waals surface area contributed by atoms with Gasteiger partial charge in [-0.05, 0) is 62.0 Å². The molecule has 2 aromatic heterocycles. The Morgan fingerprint density at radius 1 is 1.21 bits per heavy atom. The van der Waals surface area contributed by atoms with E-state index in [9.17, 15) is 4.79 Å². The average Bonchev–Trinajstić information content (AvgIpc) is 3.25. The highest BCUT2D eigenvalue weighted by Crippen LogP contribution is 2.37. The molecule has 0 bridgehead atoms. The van der Waals surface area contributed by atoms with Crippen LogP contribution in [0.5, 0.6) is 0 Å². The Labute approximate surface area is 214 Å². The number of ether oxygens (including phenoxy) is 1. The Bertz CT molecular complexity index is 1370. The van der Waals surface area contributed by atoms with Crippen LogP contribution in [0, 0.1) is 13.8 Å². The van der Waals surface area contributed by atoms with Crippen molar-refractivity contribution in [3.63, 3.8) is 0 Å². The number of esters is 1. The van der Waals surface area contributed by atoms with Gasteiger partial charge in [-0.2, -0.15) is 5.10 Å². The zero-order chi connectivity index (χ0) is 23.7. The van der Waals surface area contributed by atoms with Crippen molar-refractivity contribution in [1.29, 1.82) is 0 Å². The highest BCUT2D eigenvalue weighted by atomic mass is 79.9. The summed E-state index contributed by atoms with van der Waals surface area (Å²) in [5.74, 6) is -0.445. The van der Waals surface area contributed by atoms with E-state index in [-0.39, 0.29) is 0 Å². The minimum atomic E-state index is -0.445.